The van der Waals surface area contributed by atoms with Crippen LogP contribution in [0.15, 0.2) is 12.7 Å². The number of rotatable bonds is 3. The van der Waals surface area contributed by atoms with Crippen LogP contribution >= 0.6 is 0 Å². The lowest BCUT2D eigenvalue weighted by Gasteiger charge is -1.97. The van der Waals surface area contributed by atoms with E-state index in [1.807, 2.05) is 0 Å². The Bertz CT molecular complexity index is 151. The smallest absolute Gasteiger partial charge is 0.330 e. The number of carbonyl (C=O) groups is 1. The zero-order valence-corrected chi connectivity index (χ0v) is 6.17. The van der Waals surface area contributed by atoms with E-state index in [2.05, 4.69) is 13.5 Å². The molecule has 0 heterocycles. The van der Waals surface area contributed by atoms with Crippen LogP contribution in [0.1, 0.15) is 13.3 Å². The monoisotopic (exact) mass is 140 g/mol. The minimum atomic E-state index is -0.306. The molecule has 0 radical (unpaired) electrons. The third kappa shape index (κ3) is 1.87. The third-order valence-electron chi connectivity index (χ3n) is 1.88. The van der Waals surface area contributed by atoms with Crippen molar-refractivity contribution in [1.82, 2.24) is 0 Å². The van der Waals surface area contributed by atoms with Crippen LogP contribution in [0.2, 0.25) is 0 Å². The largest absolute Gasteiger partial charge is 0.462 e. The molecule has 56 valence electrons. The van der Waals surface area contributed by atoms with E-state index in [0.717, 1.165) is 5.92 Å². The van der Waals surface area contributed by atoms with Crippen molar-refractivity contribution in [1.29, 1.82) is 0 Å². The molecule has 1 aliphatic rings. The van der Waals surface area contributed by atoms with Crippen LogP contribution < -0.4 is 0 Å². The highest BCUT2D eigenvalue weighted by atomic mass is 16.5. The summed E-state index contributed by atoms with van der Waals surface area (Å²) in [4.78, 5) is 10.5. The molecule has 0 aromatic heterocycles. The normalized spacial score (nSPS) is 29.3. The predicted molar refractivity (Wildman–Crippen MR) is 38.4 cm³/mol. The lowest BCUT2D eigenvalue weighted by Crippen LogP contribution is -2.03. The van der Waals surface area contributed by atoms with E-state index < -0.39 is 0 Å². The van der Waals surface area contributed by atoms with E-state index in [-0.39, 0.29) is 5.97 Å². The van der Waals surface area contributed by atoms with E-state index in [1.165, 1.54) is 12.5 Å². The Morgan fingerprint density at radius 1 is 1.90 bits per heavy atom. The first-order valence-electron chi connectivity index (χ1n) is 3.53. The molecule has 2 nitrogen and oxygen atoms in total. The summed E-state index contributed by atoms with van der Waals surface area (Å²) in [5.74, 6) is 1.06. The molecule has 0 N–H and O–H groups in total. The van der Waals surface area contributed by atoms with Crippen LogP contribution in [-0.4, -0.2) is 12.6 Å². The van der Waals surface area contributed by atoms with Crippen molar-refractivity contribution in [3.63, 3.8) is 0 Å². The molecule has 0 saturated heterocycles. The van der Waals surface area contributed by atoms with Gasteiger partial charge in [0, 0.05) is 6.08 Å². The molecule has 0 amide bonds. The number of carbonyl (C=O) groups excluding carboxylic acids is 1. The Hall–Kier alpha value is -0.790. The number of esters is 1. The molecule has 2 atom stereocenters. The van der Waals surface area contributed by atoms with Crippen LogP contribution in [0.5, 0.6) is 0 Å². The molecule has 2 unspecified atom stereocenters. The SMILES string of the molecule is C=CC(=O)OCC1CC1C. The van der Waals surface area contributed by atoms with Crippen molar-refractivity contribution in [3.8, 4) is 0 Å². The maximum absolute atomic E-state index is 10.5. The van der Waals surface area contributed by atoms with Crippen LogP contribution in [0.3, 0.4) is 0 Å². The van der Waals surface area contributed by atoms with Crippen LogP contribution in [0.25, 0.3) is 0 Å². The number of hydrogen-bond donors (Lipinski definition) is 0. The summed E-state index contributed by atoms with van der Waals surface area (Å²) in [6.07, 6.45) is 2.40. The van der Waals surface area contributed by atoms with Crippen molar-refractivity contribution in [3.05, 3.63) is 12.7 Å². The molecular weight excluding hydrogens is 128 g/mol. The van der Waals surface area contributed by atoms with Gasteiger partial charge in [-0.25, -0.2) is 4.79 Å². The molecule has 0 aromatic rings. The van der Waals surface area contributed by atoms with Crippen molar-refractivity contribution in [2.24, 2.45) is 11.8 Å². The van der Waals surface area contributed by atoms with Gasteiger partial charge in [0.05, 0.1) is 6.61 Å². The fourth-order valence-corrected chi connectivity index (χ4v) is 0.879. The highest BCUT2D eigenvalue weighted by molar-refractivity contribution is 5.81. The summed E-state index contributed by atoms with van der Waals surface area (Å²) in [6, 6.07) is 0. The first-order chi connectivity index (χ1) is 4.74. The van der Waals surface area contributed by atoms with Crippen LogP contribution in [-0.2, 0) is 9.53 Å². The summed E-state index contributed by atoms with van der Waals surface area (Å²) in [5, 5.41) is 0. The van der Waals surface area contributed by atoms with Crippen molar-refractivity contribution in [2.45, 2.75) is 13.3 Å². The second-order valence-corrected chi connectivity index (χ2v) is 2.81. The third-order valence-corrected chi connectivity index (χ3v) is 1.88. The fraction of sp³-hybridized carbons (Fsp3) is 0.625. The Balaban J connectivity index is 2.06. The molecule has 0 bridgehead atoms. The van der Waals surface area contributed by atoms with E-state index in [4.69, 9.17) is 4.74 Å². The zero-order chi connectivity index (χ0) is 7.56. The Morgan fingerprint density at radius 2 is 2.50 bits per heavy atom. The van der Waals surface area contributed by atoms with E-state index in [1.54, 1.807) is 0 Å². The van der Waals surface area contributed by atoms with Gasteiger partial charge in [-0.3, -0.25) is 0 Å². The van der Waals surface area contributed by atoms with Crippen LogP contribution in [0.4, 0.5) is 0 Å². The van der Waals surface area contributed by atoms with Gasteiger partial charge in [-0.05, 0) is 18.3 Å². The predicted octanol–water partition coefficient (Wildman–Crippen LogP) is 1.37. The molecule has 1 fully saturated rings. The summed E-state index contributed by atoms with van der Waals surface area (Å²) >= 11 is 0. The molecule has 0 aromatic carbocycles. The van der Waals surface area contributed by atoms with Gasteiger partial charge in [-0.2, -0.15) is 0 Å². The van der Waals surface area contributed by atoms with Gasteiger partial charge in [0.25, 0.3) is 0 Å². The molecular formula is C8H12O2. The van der Waals surface area contributed by atoms with Gasteiger partial charge in [0.2, 0.25) is 0 Å². The van der Waals surface area contributed by atoms with E-state index >= 15 is 0 Å². The maximum atomic E-state index is 10.5. The van der Waals surface area contributed by atoms with Gasteiger partial charge in [-0.15, -0.1) is 0 Å². The molecule has 1 aliphatic carbocycles. The zero-order valence-electron chi connectivity index (χ0n) is 6.17. The maximum Gasteiger partial charge on any atom is 0.330 e. The second-order valence-electron chi connectivity index (χ2n) is 2.81. The van der Waals surface area contributed by atoms with E-state index in [9.17, 15) is 4.79 Å². The average Bonchev–Trinajstić information content (AvgIpc) is 2.61. The molecule has 10 heavy (non-hydrogen) atoms. The van der Waals surface area contributed by atoms with E-state index in [0.29, 0.717) is 12.5 Å². The lowest BCUT2D eigenvalue weighted by atomic mass is 10.4. The molecule has 1 saturated carbocycles. The summed E-state index contributed by atoms with van der Waals surface area (Å²) in [6.45, 7) is 6.04. The van der Waals surface area contributed by atoms with Crippen molar-refractivity contribution in [2.75, 3.05) is 6.61 Å². The average molecular weight is 140 g/mol. The minimum absolute atomic E-state index is 0.306. The summed E-state index contributed by atoms with van der Waals surface area (Å²) < 4.78 is 4.83. The van der Waals surface area contributed by atoms with Crippen LogP contribution in [0, 0.1) is 11.8 Å². The number of hydrogen-bond acceptors (Lipinski definition) is 2. The molecule has 0 aliphatic heterocycles. The first kappa shape index (κ1) is 7.32. The quantitative estimate of drug-likeness (QED) is 0.437. The fourth-order valence-electron chi connectivity index (χ4n) is 0.879. The summed E-state index contributed by atoms with van der Waals surface area (Å²) in [7, 11) is 0. The Morgan fingerprint density at radius 3 is 2.90 bits per heavy atom. The van der Waals surface area contributed by atoms with Gasteiger partial charge in [0.15, 0.2) is 0 Å². The second kappa shape index (κ2) is 2.86. The molecule has 0 spiro atoms. The van der Waals surface area contributed by atoms with Gasteiger partial charge >= 0.3 is 5.97 Å². The molecule has 1 rings (SSSR count). The van der Waals surface area contributed by atoms with Gasteiger partial charge in [-0.1, -0.05) is 13.5 Å². The lowest BCUT2D eigenvalue weighted by molar-refractivity contribution is -0.138. The van der Waals surface area contributed by atoms with Gasteiger partial charge in [0.1, 0.15) is 0 Å². The number of ether oxygens (including phenoxy) is 1. The van der Waals surface area contributed by atoms with Crippen molar-refractivity contribution >= 4 is 5.97 Å². The minimum Gasteiger partial charge on any atom is -0.462 e. The standard InChI is InChI=1S/C8H12O2/c1-3-8(9)10-5-7-4-6(7)2/h3,6-7H,1,4-5H2,2H3. The first-order valence-corrected chi connectivity index (χ1v) is 3.53. The topological polar surface area (TPSA) is 26.3 Å². The van der Waals surface area contributed by atoms with Crippen molar-refractivity contribution < 1.29 is 9.53 Å². The Kier molecular flexibility index (Phi) is 2.10. The summed E-state index contributed by atoms with van der Waals surface area (Å²) in [5.41, 5.74) is 0. The Labute approximate surface area is 60.9 Å². The molecule has 2 heteroatoms. The van der Waals surface area contributed by atoms with Gasteiger partial charge < -0.3 is 4.74 Å². The highest BCUT2D eigenvalue weighted by Gasteiger charge is 2.33. The highest BCUT2D eigenvalue weighted by Crippen LogP contribution is 2.37.